The number of aliphatic carboxylic acids is 1. The molecule has 1 aromatic heterocycles. The first kappa shape index (κ1) is 28.4. The Morgan fingerprint density at radius 2 is 1.42 bits per heavy atom. The zero-order chi connectivity index (χ0) is 27.8. The van der Waals surface area contributed by atoms with E-state index in [1.54, 1.807) is 30.5 Å². The van der Waals surface area contributed by atoms with Crippen molar-refractivity contribution < 1.29 is 29.4 Å². The van der Waals surface area contributed by atoms with Crippen molar-refractivity contribution in [3.8, 4) is 0 Å². The van der Waals surface area contributed by atoms with Gasteiger partial charge < -0.3 is 36.9 Å². The topological polar surface area (TPSA) is 187 Å². The molecule has 0 saturated carbocycles. The number of aliphatic hydroxyl groups is 1. The number of aromatic amines is 1. The van der Waals surface area contributed by atoms with Gasteiger partial charge in [-0.3, -0.25) is 19.2 Å². The molecular formula is C27H33N5O6. The summed E-state index contributed by atoms with van der Waals surface area (Å²) in [6.45, 7) is 2.68. The summed E-state index contributed by atoms with van der Waals surface area (Å²) < 4.78 is 0. The number of carboxylic acids is 1. The molecule has 0 aliphatic heterocycles. The van der Waals surface area contributed by atoms with Crippen LogP contribution in [0.3, 0.4) is 0 Å². The van der Waals surface area contributed by atoms with Gasteiger partial charge in [0, 0.05) is 29.9 Å². The van der Waals surface area contributed by atoms with Crippen LogP contribution in [0, 0.1) is 0 Å². The molecule has 0 spiro atoms. The fraction of sp³-hybridized carbons (Fsp3) is 0.333. The van der Waals surface area contributed by atoms with Crippen LogP contribution >= 0.6 is 0 Å². The minimum absolute atomic E-state index is 0.0688. The van der Waals surface area contributed by atoms with Crippen molar-refractivity contribution in [3.63, 3.8) is 0 Å². The molecule has 11 heteroatoms. The van der Waals surface area contributed by atoms with Crippen molar-refractivity contribution in [1.29, 1.82) is 0 Å². The smallest absolute Gasteiger partial charge is 0.325 e. The number of nitrogens with one attached hydrogen (secondary N) is 4. The molecule has 0 aliphatic rings. The van der Waals surface area contributed by atoms with Gasteiger partial charge in [-0.15, -0.1) is 0 Å². The number of benzene rings is 2. The number of carbonyl (C=O) groups is 4. The van der Waals surface area contributed by atoms with E-state index < -0.39 is 54.0 Å². The molecule has 3 rings (SSSR count). The van der Waals surface area contributed by atoms with Crippen LogP contribution in [-0.2, 0) is 32.0 Å². The molecule has 5 atom stereocenters. The lowest BCUT2D eigenvalue weighted by molar-refractivity contribution is -0.141. The van der Waals surface area contributed by atoms with Crippen molar-refractivity contribution in [3.05, 3.63) is 71.9 Å². The minimum atomic E-state index is -1.27. The zero-order valence-corrected chi connectivity index (χ0v) is 21.2. The number of para-hydroxylation sites is 1. The summed E-state index contributed by atoms with van der Waals surface area (Å²) in [6, 6.07) is 11.7. The van der Waals surface area contributed by atoms with E-state index in [2.05, 4.69) is 20.9 Å². The minimum Gasteiger partial charge on any atom is -0.480 e. The van der Waals surface area contributed by atoms with Crippen molar-refractivity contribution in [2.45, 2.75) is 57.0 Å². The predicted molar refractivity (Wildman–Crippen MR) is 141 cm³/mol. The van der Waals surface area contributed by atoms with Gasteiger partial charge in [-0.1, -0.05) is 48.5 Å². The van der Waals surface area contributed by atoms with E-state index in [1.807, 2.05) is 30.3 Å². The number of H-pyrrole nitrogens is 1. The van der Waals surface area contributed by atoms with Gasteiger partial charge in [0.25, 0.3) is 0 Å². The molecule has 8 N–H and O–H groups in total. The molecule has 5 unspecified atom stereocenters. The van der Waals surface area contributed by atoms with Crippen LogP contribution in [-0.4, -0.2) is 69.2 Å². The SMILES string of the molecule is CC(NC(=O)C(Cc1ccccc1)NC(=O)C(Cc1c[nH]c2ccccc12)NC(=O)C(N)C(C)O)C(=O)O. The number of hydrogen-bond acceptors (Lipinski definition) is 6. The van der Waals surface area contributed by atoms with E-state index in [0.717, 1.165) is 22.0 Å². The number of hydrogen-bond donors (Lipinski definition) is 7. The Balaban J connectivity index is 1.88. The number of rotatable bonds is 12. The van der Waals surface area contributed by atoms with E-state index >= 15 is 0 Å². The molecule has 11 nitrogen and oxygen atoms in total. The Bertz CT molecular complexity index is 1280. The maximum atomic E-state index is 13.5. The summed E-state index contributed by atoms with van der Waals surface area (Å²) in [5.74, 6) is -3.31. The summed E-state index contributed by atoms with van der Waals surface area (Å²) in [6.07, 6.45) is 0.736. The second-order valence-corrected chi connectivity index (χ2v) is 9.21. The van der Waals surface area contributed by atoms with E-state index in [-0.39, 0.29) is 12.8 Å². The van der Waals surface area contributed by atoms with Crippen molar-refractivity contribution in [2.75, 3.05) is 0 Å². The molecule has 202 valence electrons. The van der Waals surface area contributed by atoms with Crippen LogP contribution < -0.4 is 21.7 Å². The van der Waals surface area contributed by atoms with E-state index in [4.69, 9.17) is 5.73 Å². The fourth-order valence-corrected chi connectivity index (χ4v) is 3.92. The maximum absolute atomic E-state index is 13.5. The number of amides is 3. The van der Waals surface area contributed by atoms with E-state index in [1.165, 1.54) is 13.8 Å². The largest absolute Gasteiger partial charge is 0.480 e. The summed E-state index contributed by atoms with van der Waals surface area (Å²) in [7, 11) is 0. The van der Waals surface area contributed by atoms with Crippen LogP contribution in [0.15, 0.2) is 60.8 Å². The quantitative estimate of drug-likeness (QED) is 0.177. The van der Waals surface area contributed by atoms with Crippen LogP contribution in [0.5, 0.6) is 0 Å². The van der Waals surface area contributed by atoms with Crippen molar-refractivity contribution in [1.82, 2.24) is 20.9 Å². The highest BCUT2D eigenvalue weighted by Gasteiger charge is 2.31. The molecule has 3 aromatic rings. The van der Waals surface area contributed by atoms with Gasteiger partial charge in [0.2, 0.25) is 17.7 Å². The lowest BCUT2D eigenvalue weighted by Crippen LogP contribution is -2.58. The van der Waals surface area contributed by atoms with E-state index in [0.29, 0.717) is 0 Å². The third kappa shape index (κ3) is 7.40. The lowest BCUT2D eigenvalue weighted by Gasteiger charge is -2.25. The lowest BCUT2D eigenvalue weighted by atomic mass is 10.0. The Labute approximate surface area is 219 Å². The van der Waals surface area contributed by atoms with Crippen LogP contribution in [0.2, 0.25) is 0 Å². The van der Waals surface area contributed by atoms with Crippen LogP contribution in [0.25, 0.3) is 10.9 Å². The molecule has 0 bridgehead atoms. The summed E-state index contributed by atoms with van der Waals surface area (Å²) in [4.78, 5) is 53.6. The monoisotopic (exact) mass is 523 g/mol. The Morgan fingerprint density at radius 3 is 2.08 bits per heavy atom. The number of carboxylic acid groups (broad SMARTS) is 1. The first-order chi connectivity index (χ1) is 18.1. The Hall–Kier alpha value is -4.22. The summed E-state index contributed by atoms with van der Waals surface area (Å²) in [5, 5.41) is 27.5. The number of fused-ring (bicyclic) bond motifs is 1. The molecule has 0 aliphatic carbocycles. The Kier molecular flexibility index (Phi) is 9.58. The van der Waals surface area contributed by atoms with Gasteiger partial charge >= 0.3 is 5.97 Å². The molecule has 0 fully saturated rings. The van der Waals surface area contributed by atoms with Gasteiger partial charge in [-0.2, -0.15) is 0 Å². The number of carbonyl (C=O) groups excluding carboxylic acids is 3. The van der Waals surface area contributed by atoms with Crippen LogP contribution in [0.4, 0.5) is 0 Å². The van der Waals surface area contributed by atoms with Crippen LogP contribution in [0.1, 0.15) is 25.0 Å². The number of aromatic nitrogens is 1. The fourth-order valence-electron chi connectivity index (χ4n) is 3.92. The zero-order valence-electron chi connectivity index (χ0n) is 21.2. The highest BCUT2D eigenvalue weighted by atomic mass is 16.4. The second-order valence-electron chi connectivity index (χ2n) is 9.21. The highest BCUT2D eigenvalue weighted by Crippen LogP contribution is 2.19. The van der Waals surface area contributed by atoms with Crippen molar-refractivity contribution in [2.24, 2.45) is 5.73 Å². The van der Waals surface area contributed by atoms with Gasteiger partial charge in [-0.05, 0) is 31.0 Å². The highest BCUT2D eigenvalue weighted by molar-refractivity contribution is 5.95. The number of aliphatic hydroxyl groups excluding tert-OH is 1. The predicted octanol–water partition coefficient (Wildman–Crippen LogP) is 0.220. The average molecular weight is 524 g/mol. The van der Waals surface area contributed by atoms with Crippen molar-refractivity contribution >= 4 is 34.6 Å². The third-order valence-electron chi connectivity index (χ3n) is 6.20. The molecule has 2 aromatic carbocycles. The maximum Gasteiger partial charge on any atom is 0.325 e. The summed E-state index contributed by atoms with van der Waals surface area (Å²) >= 11 is 0. The number of nitrogens with two attached hydrogens (primary N) is 1. The van der Waals surface area contributed by atoms with E-state index in [9.17, 15) is 29.4 Å². The second kappa shape index (κ2) is 12.8. The summed E-state index contributed by atoms with van der Waals surface area (Å²) in [5.41, 5.74) is 8.12. The van der Waals surface area contributed by atoms with Gasteiger partial charge in [0.05, 0.1) is 6.10 Å². The molecular weight excluding hydrogens is 490 g/mol. The average Bonchev–Trinajstić information content (AvgIpc) is 3.30. The molecule has 0 saturated heterocycles. The van der Waals surface area contributed by atoms with Gasteiger partial charge in [-0.25, -0.2) is 0 Å². The molecule has 38 heavy (non-hydrogen) atoms. The Morgan fingerprint density at radius 1 is 0.842 bits per heavy atom. The van der Waals surface area contributed by atoms with Gasteiger partial charge in [0.1, 0.15) is 24.2 Å². The molecule has 1 heterocycles. The first-order valence-corrected chi connectivity index (χ1v) is 12.2. The molecule has 3 amide bonds. The first-order valence-electron chi connectivity index (χ1n) is 12.2. The van der Waals surface area contributed by atoms with Gasteiger partial charge in [0.15, 0.2) is 0 Å². The molecule has 0 radical (unpaired) electrons. The standard InChI is InChI=1S/C27H33N5O6/c1-15(27(37)38)30-24(34)21(12-17-8-4-3-5-9-17)31-25(35)22(32-26(36)23(28)16(2)33)13-18-14-29-20-11-7-6-10-19(18)20/h3-11,14-16,21-23,29,33H,12-13,28H2,1-2H3,(H,30,34)(H,31,35)(H,32,36)(H,37,38). The third-order valence-corrected chi connectivity index (χ3v) is 6.20. The normalized spacial score (nSPS) is 15.1.